The van der Waals surface area contributed by atoms with Gasteiger partial charge in [-0.1, -0.05) is 137 Å². The molecule has 0 aromatic rings. The SMILES string of the molecule is CC/C=C\C/C=C\C/C=C\C/C=C\C/C=C\CCCCCC(=O)OC(COC(=O)CCCCCCC/C=C\C/C=C\CCCCC)COP(=O)(O)OC1C(O)C(O)C(O)C(O)C1O. The summed E-state index contributed by atoms with van der Waals surface area (Å²) < 4.78 is 33.5. The number of aliphatic hydroxyl groups excluding tert-OH is 5. The number of allylic oxidation sites excluding steroid dienone is 14. The fraction of sp³-hybridized carbons (Fsp3) is 0.673. The lowest BCUT2D eigenvalue weighted by molar-refractivity contribution is -0.220. The van der Waals surface area contributed by atoms with Crippen LogP contribution in [0.3, 0.4) is 0 Å². The number of esters is 2. The van der Waals surface area contributed by atoms with Crippen molar-refractivity contribution in [2.24, 2.45) is 0 Å². The van der Waals surface area contributed by atoms with E-state index in [9.17, 15) is 44.6 Å². The molecule has 0 bridgehead atoms. The van der Waals surface area contributed by atoms with E-state index >= 15 is 0 Å². The maximum atomic E-state index is 12.8. The Morgan fingerprint density at radius 2 is 0.905 bits per heavy atom. The number of unbranched alkanes of at least 4 members (excludes halogenated alkanes) is 11. The molecule has 0 amide bonds. The molecule has 1 fully saturated rings. The molecule has 0 aromatic heterocycles. The fourth-order valence-corrected chi connectivity index (χ4v) is 7.43. The van der Waals surface area contributed by atoms with E-state index < -0.39 is 75.7 Å². The molecule has 6 atom stereocenters. The normalized spacial score (nSPS) is 22.5. The third-order valence-corrected chi connectivity index (χ3v) is 11.2. The second-order valence-electron chi connectivity index (χ2n) is 15.9. The average molecular weight is 909 g/mol. The Hall–Kier alpha value is -2.97. The van der Waals surface area contributed by atoms with E-state index in [0.717, 1.165) is 96.3 Å². The molecule has 0 saturated heterocycles. The van der Waals surface area contributed by atoms with Crippen molar-refractivity contribution in [2.75, 3.05) is 13.2 Å². The van der Waals surface area contributed by atoms with Crippen molar-refractivity contribution in [3.8, 4) is 0 Å². The molecule has 0 aromatic carbocycles. The van der Waals surface area contributed by atoms with Crippen LogP contribution in [0, 0.1) is 0 Å². The molecule has 14 heteroatoms. The van der Waals surface area contributed by atoms with Gasteiger partial charge >= 0.3 is 19.8 Å². The molecule has 360 valence electrons. The Balaban J connectivity index is 2.50. The van der Waals surface area contributed by atoms with Crippen LogP contribution in [-0.2, 0) is 32.7 Å². The number of hydrogen-bond donors (Lipinski definition) is 6. The van der Waals surface area contributed by atoms with Gasteiger partial charge in [-0.05, 0) is 89.9 Å². The number of hydrogen-bond acceptors (Lipinski definition) is 12. The van der Waals surface area contributed by atoms with Crippen LogP contribution in [0.1, 0.15) is 155 Å². The summed E-state index contributed by atoms with van der Waals surface area (Å²) in [7, 11) is -5.14. The molecule has 0 heterocycles. The van der Waals surface area contributed by atoms with E-state index in [1.165, 1.54) is 19.3 Å². The van der Waals surface area contributed by atoms with Gasteiger partial charge in [-0.2, -0.15) is 0 Å². The van der Waals surface area contributed by atoms with Crippen LogP contribution in [0.25, 0.3) is 0 Å². The zero-order valence-electron chi connectivity index (χ0n) is 38.1. The quantitative estimate of drug-likeness (QED) is 0.0149. The van der Waals surface area contributed by atoms with Gasteiger partial charge in [0.05, 0.1) is 6.61 Å². The van der Waals surface area contributed by atoms with Crippen LogP contribution in [0.5, 0.6) is 0 Å². The number of aliphatic hydroxyl groups is 5. The van der Waals surface area contributed by atoms with Gasteiger partial charge in [0.2, 0.25) is 0 Å². The fourth-order valence-electron chi connectivity index (χ4n) is 6.46. The summed E-state index contributed by atoms with van der Waals surface area (Å²) in [5.74, 6) is -1.16. The molecule has 1 saturated carbocycles. The standard InChI is InChI=1S/C49H81O13P/c1-3-5-7-9-11-13-15-17-19-20-21-22-24-26-28-30-32-34-36-38-43(51)61-41(40-60-63(57,58)62-49-47(55)45(53)44(52)46(54)48(49)56)39-59-42(50)37-35-33-31-29-27-25-23-18-16-14-12-10-8-6-4-2/h5,7,11-14,17-19,21-23,26,28,41,44-49,52-56H,3-4,6,8-10,15-16,20,24-25,27,29-40H2,1-2H3,(H,57,58)/b7-5-,13-11-,14-12-,19-17-,22-21-,23-18-,28-26-. The van der Waals surface area contributed by atoms with Crippen molar-refractivity contribution in [3.05, 3.63) is 85.1 Å². The number of phosphoric ester groups is 1. The van der Waals surface area contributed by atoms with Gasteiger partial charge in [-0.3, -0.25) is 18.6 Å². The summed E-state index contributed by atoms with van der Waals surface area (Å²) in [6.45, 7) is 3.11. The van der Waals surface area contributed by atoms with Crippen molar-refractivity contribution in [1.29, 1.82) is 0 Å². The largest absolute Gasteiger partial charge is 0.472 e. The van der Waals surface area contributed by atoms with E-state index in [1.807, 2.05) is 0 Å². The highest BCUT2D eigenvalue weighted by Crippen LogP contribution is 2.47. The summed E-state index contributed by atoms with van der Waals surface area (Å²) >= 11 is 0. The van der Waals surface area contributed by atoms with Crippen LogP contribution >= 0.6 is 7.82 Å². The van der Waals surface area contributed by atoms with Crippen LogP contribution in [0.2, 0.25) is 0 Å². The van der Waals surface area contributed by atoms with Crippen LogP contribution < -0.4 is 0 Å². The minimum absolute atomic E-state index is 0.0495. The van der Waals surface area contributed by atoms with Crippen molar-refractivity contribution in [3.63, 3.8) is 0 Å². The molecule has 63 heavy (non-hydrogen) atoms. The van der Waals surface area contributed by atoms with Gasteiger partial charge in [-0.15, -0.1) is 0 Å². The molecular weight excluding hydrogens is 828 g/mol. The lowest BCUT2D eigenvalue weighted by Gasteiger charge is -2.41. The molecule has 1 aliphatic carbocycles. The number of rotatable bonds is 37. The Labute approximate surface area is 378 Å². The van der Waals surface area contributed by atoms with E-state index in [1.54, 1.807) is 0 Å². The Bertz CT molecular complexity index is 1420. The number of carbonyl (C=O) groups is 2. The molecule has 1 aliphatic rings. The minimum atomic E-state index is -5.14. The van der Waals surface area contributed by atoms with Crippen molar-refractivity contribution in [1.82, 2.24) is 0 Å². The predicted molar refractivity (Wildman–Crippen MR) is 248 cm³/mol. The first-order valence-corrected chi connectivity index (χ1v) is 24.9. The third kappa shape index (κ3) is 30.7. The van der Waals surface area contributed by atoms with E-state index in [2.05, 4.69) is 98.9 Å². The van der Waals surface area contributed by atoms with E-state index in [4.69, 9.17) is 18.5 Å². The maximum Gasteiger partial charge on any atom is 0.472 e. The summed E-state index contributed by atoms with van der Waals surface area (Å²) in [5, 5.41) is 50.2. The Kier molecular flexibility index (Phi) is 35.3. The van der Waals surface area contributed by atoms with Crippen LogP contribution in [-0.4, -0.2) is 98.3 Å². The van der Waals surface area contributed by atoms with E-state index in [0.29, 0.717) is 12.8 Å². The minimum Gasteiger partial charge on any atom is -0.462 e. The third-order valence-electron chi connectivity index (χ3n) is 10.2. The molecule has 6 N–H and O–H groups in total. The summed E-state index contributed by atoms with van der Waals surface area (Å²) in [4.78, 5) is 35.7. The Morgan fingerprint density at radius 3 is 1.40 bits per heavy atom. The lowest BCUT2D eigenvalue weighted by Crippen LogP contribution is -2.64. The van der Waals surface area contributed by atoms with Gasteiger partial charge in [0.15, 0.2) is 6.10 Å². The second kappa shape index (κ2) is 38.3. The summed E-state index contributed by atoms with van der Waals surface area (Å²) in [6, 6.07) is 0. The van der Waals surface area contributed by atoms with Crippen molar-refractivity contribution >= 4 is 19.8 Å². The molecule has 6 unspecified atom stereocenters. The highest BCUT2D eigenvalue weighted by Gasteiger charge is 2.51. The molecule has 13 nitrogen and oxygen atoms in total. The number of ether oxygens (including phenoxy) is 2. The molecule has 0 aliphatic heterocycles. The Morgan fingerprint density at radius 1 is 0.508 bits per heavy atom. The van der Waals surface area contributed by atoms with Crippen LogP contribution in [0.15, 0.2) is 85.1 Å². The first-order valence-electron chi connectivity index (χ1n) is 23.4. The first kappa shape index (κ1) is 58.0. The van der Waals surface area contributed by atoms with Gasteiger partial charge in [0.25, 0.3) is 0 Å². The average Bonchev–Trinajstić information content (AvgIpc) is 3.26. The van der Waals surface area contributed by atoms with Gasteiger partial charge < -0.3 is 39.9 Å². The topological polar surface area (TPSA) is 210 Å². The molecule has 0 radical (unpaired) electrons. The molecular formula is C49H81O13P. The predicted octanol–water partition coefficient (Wildman–Crippen LogP) is 9.28. The van der Waals surface area contributed by atoms with Crippen LogP contribution in [0.4, 0.5) is 0 Å². The molecule has 0 spiro atoms. The first-order chi connectivity index (χ1) is 30.4. The van der Waals surface area contributed by atoms with Gasteiger partial charge in [-0.25, -0.2) is 4.57 Å². The number of carbonyl (C=O) groups excluding carboxylic acids is 2. The lowest BCUT2D eigenvalue weighted by atomic mass is 9.85. The zero-order chi connectivity index (χ0) is 46.4. The summed E-state index contributed by atoms with van der Waals surface area (Å²) in [6.07, 6.45) is 36.3. The zero-order valence-corrected chi connectivity index (χ0v) is 39.0. The number of phosphoric acid groups is 1. The van der Waals surface area contributed by atoms with Crippen molar-refractivity contribution in [2.45, 2.75) is 198 Å². The van der Waals surface area contributed by atoms with E-state index in [-0.39, 0.29) is 12.8 Å². The van der Waals surface area contributed by atoms with Gasteiger partial charge in [0.1, 0.15) is 43.2 Å². The smallest absolute Gasteiger partial charge is 0.462 e. The maximum absolute atomic E-state index is 12.8. The summed E-state index contributed by atoms with van der Waals surface area (Å²) in [5.41, 5.74) is 0. The second-order valence-corrected chi connectivity index (χ2v) is 17.3. The highest BCUT2D eigenvalue weighted by molar-refractivity contribution is 7.47. The highest BCUT2D eigenvalue weighted by atomic mass is 31.2. The van der Waals surface area contributed by atoms with Crippen molar-refractivity contribution < 1.29 is 63.1 Å². The van der Waals surface area contributed by atoms with Gasteiger partial charge in [0, 0.05) is 12.8 Å². The monoisotopic (exact) mass is 909 g/mol. The molecule has 1 rings (SSSR count).